The summed E-state index contributed by atoms with van der Waals surface area (Å²) in [5.41, 5.74) is 1.72. The predicted molar refractivity (Wildman–Crippen MR) is 82.9 cm³/mol. The maximum absolute atomic E-state index is 11.4. The quantitative estimate of drug-likeness (QED) is 0.883. The molecular weight excluding hydrogens is 266 g/mol. The molecule has 1 saturated heterocycles. The number of fused-ring (bicyclic) bond motifs is 1. The maximum Gasteiger partial charge on any atom is 0.339 e. The van der Waals surface area contributed by atoms with Crippen LogP contribution in [0.25, 0.3) is 10.9 Å². The molecule has 1 fully saturated rings. The Balaban J connectivity index is 1.83. The first kappa shape index (κ1) is 13.8. The average molecular weight is 285 g/mol. The van der Waals surface area contributed by atoms with Crippen molar-refractivity contribution < 1.29 is 9.90 Å². The molecule has 0 radical (unpaired) electrons. The Morgan fingerprint density at radius 3 is 2.81 bits per heavy atom. The first-order chi connectivity index (χ1) is 10.3. The van der Waals surface area contributed by atoms with E-state index in [9.17, 15) is 9.90 Å². The number of pyridine rings is 1. The molecule has 5 nitrogen and oxygen atoms in total. The van der Waals surface area contributed by atoms with Gasteiger partial charge in [0.25, 0.3) is 0 Å². The van der Waals surface area contributed by atoms with Gasteiger partial charge >= 0.3 is 5.97 Å². The number of nitrogens with zero attached hydrogens (tertiary/aromatic N) is 2. The highest BCUT2D eigenvalue weighted by Gasteiger charge is 2.15. The number of benzene rings is 1. The third-order valence-electron chi connectivity index (χ3n) is 3.93. The first-order valence-electron chi connectivity index (χ1n) is 7.33. The number of hydrogen-bond donors (Lipinski definition) is 2. The molecule has 2 heterocycles. The van der Waals surface area contributed by atoms with E-state index in [1.54, 1.807) is 0 Å². The number of aromatic nitrogens is 1. The average Bonchev–Trinajstić information content (AvgIpc) is 3.00. The van der Waals surface area contributed by atoms with Crippen molar-refractivity contribution in [3.8, 4) is 0 Å². The van der Waals surface area contributed by atoms with Crippen LogP contribution in [0, 0.1) is 0 Å². The summed E-state index contributed by atoms with van der Waals surface area (Å²) in [5, 5.41) is 13.5. The Morgan fingerprint density at radius 1 is 1.29 bits per heavy atom. The predicted octanol–water partition coefficient (Wildman–Crippen LogP) is 2.44. The van der Waals surface area contributed by atoms with Crippen molar-refractivity contribution in [3.63, 3.8) is 0 Å². The SMILES string of the molecule is O=C(O)c1cnc2ccccc2c1NCCN1CCCC1. The van der Waals surface area contributed by atoms with Gasteiger partial charge in [0.1, 0.15) is 5.56 Å². The largest absolute Gasteiger partial charge is 0.478 e. The molecule has 0 unspecified atom stereocenters. The number of anilines is 1. The highest BCUT2D eigenvalue weighted by atomic mass is 16.4. The number of carboxylic acids is 1. The maximum atomic E-state index is 11.4. The lowest BCUT2D eigenvalue weighted by molar-refractivity contribution is 0.0697. The minimum Gasteiger partial charge on any atom is -0.478 e. The minimum atomic E-state index is -0.947. The number of rotatable bonds is 5. The lowest BCUT2D eigenvalue weighted by Crippen LogP contribution is -2.26. The van der Waals surface area contributed by atoms with Gasteiger partial charge in [-0.15, -0.1) is 0 Å². The Labute approximate surface area is 123 Å². The van der Waals surface area contributed by atoms with Crippen molar-refractivity contribution in [3.05, 3.63) is 36.0 Å². The fourth-order valence-electron chi connectivity index (χ4n) is 2.84. The van der Waals surface area contributed by atoms with Crippen molar-refractivity contribution in [2.75, 3.05) is 31.5 Å². The molecule has 0 saturated carbocycles. The van der Waals surface area contributed by atoms with E-state index in [0.29, 0.717) is 5.69 Å². The van der Waals surface area contributed by atoms with Crippen molar-refractivity contribution in [1.29, 1.82) is 0 Å². The minimum absolute atomic E-state index is 0.232. The summed E-state index contributed by atoms with van der Waals surface area (Å²) in [6.07, 6.45) is 3.96. The second-order valence-electron chi connectivity index (χ2n) is 5.34. The lowest BCUT2D eigenvalue weighted by Gasteiger charge is -2.17. The smallest absolute Gasteiger partial charge is 0.339 e. The molecule has 0 atom stereocenters. The number of nitrogens with one attached hydrogen (secondary N) is 1. The molecule has 1 aliphatic heterocycles. The zero-order valence-corrected chi connectivity index (χ0v) is 11.9. The molecule has 1 aromatic carbocycles. The van der Waals surface area contributed by atoms with E-state index in [4.69, 9.17) is 0 Å². The molecule has 0 spiro atoms. The second-order valence-corrected chi connectivity index (χ2v) is 5.34. The highest BCUT2D eigenvalue weighted by molar-refractivity contribution is 6.04. The zero-order valence-electron chi connectivity index (χ0n) is 11.9. The number of carboxylic acid groups (broad SMARTS) is 1. The molecule has 1 aromatic heterocycles. The summed E-state index contributed by atoms with van der Waals surface area (Å²) in [5.74, 6) is -0.947. The van der Waals surface area contributed by atoms with E-state index in [-0.39, 0.29) is 5.56 Å². The highest BCUT2D eigenvalue weighted by Crippen LogP contribution is 2.25. The fourth-order valence-corrected chi connectivity index (χ4v) is 2.84. The molecule has 1 aliphatic rings. The Hall–Kier alpha value is -2.14. The van der Waals surface area contributed by atoms with E-state index >= 15 is 0 Å². The summed E-state index contributed by atoms with van der Waals surface area (Å²) in [7, 11) is 0. The molecule has 2 aromatic rings. The Bertz CT molecular complexity index is 651. The van der Waals surface area contributed by atoms with Gasteiger partial charge in [-0.3, -0.25) is 4.98 Å². The fraction of sp³-hybridized carbons (Fsp3) is 0.375. The van der Waals surface area contributed by atoms with Gasteiger partial charge in [0, 0.05) is 24.7 Å². The van der Waals surface area contributed by atoms with Gasteiger partial charge in [0.2, 0.25) is 0 Å². The lowest BCUT2D eigenvalue weighted by atomic mass is 10.1. The summed E-state index contributed by atoms with van der Waals surface area (Å²) in [6, 6.07) is 7.62. The van der Waals surface area contributed by atoms with Crippen LogP contribution >= 0.6 is 0 Å². The first-order valence-corrected chi connectivity index (χ1v) is 7.33. The number of hydrogen-bond acceptors (Lipinski definition) is 4. The van der Waals surface area contributed by atoms with Crippen LogP contribution in [-0.2, 0) is 0 Å². The van der Waals surface area contributed by atoms with Crippen LogP contribution in [0.2, 0.25) is 0 Å². The zero-order chi connectivity index (χ0) is 14.7. The molecule has 21 heavy (non-hydrogen) atoms. The Morgan fingerprint density at radius 2 is 2.05 bits per heavy atom. The van der Waals surface area contributed by atoms with Crippen molar-refractivity contribution in [2.45, 2.75) is 12.8 Å². The normalized spacial score (nSPS) is 15.4. The van der Waals surface area contributed by atoms with Gasteiger partial charge in [-0.05, 0) is 32.0 Å². The van der Waals surface area contributed by atoms with Crippen LogP contribution in [0.5, 0.6) is 0 Å². The van der Waals surface area contributed by atoms with E-state index < -0.39 is 5.97 Å². The van der Waals surface area contributed by atoms with Crippen LogP contribution in [0.15, 0.2) is 30.5 Å². The van der Waals surface area contributed by atoms with Crippen LogP contribution in [0.4, 0.5) is 5.69 Å². The molecule has 2 N–H and O–H groups in total. The number of likely N-dealkylation sites (tertiary alicyclic amines) is 1. The number of carbonyl (C=O) groups is 1. The van der Waals surface area contributed by atoms with Gasteiger partial charge in [-0.2, -0.15) is 0 Å². The van der Waals surface area contributed by atoms with Crippen molar-refractivity contribution in [2.24, 2.45) is 0 Å². The van der Waals surface area contributed by atoms with Gasteiger partial charge < -0.3 is 15.3 Å². The second kappa shape index (κ2) is 6.10. The van der Waals surface area contributed by atoms with Crippen molar-refractivity contribution >= 4 is 22.6 Å². The van der Waals surface area contributed by atoms with Crippen LogP contribution in [0.3, 0.4) is 0 Å². The third-order valence-corrected chi connectivity index (χ3v) is 3.93. The summed E-state index contributed by atoms with van der Waals surface area (Å²) in [4.78, 5) is 18.0. The van der Waals surface area contributed by atoms with E-state index in [1.807, 2.05) is 24.3 Å². The van der Waals surface area contributed by atoms with E-state index in [1.165, 1.54) is 19.0 Å². The summed E-state index contributed by atoms with van der Waals surface area (Å²) in [6.45, 7) is 3.97. The van der Waals surface area contributed by atoms with Gasteiger partial charge in [-0.1, -0.05) is 18.2 Å². The molecular formula is C16H19N3O2. The molecule has 110 valence electrons. The van der Waals surface area contributed by atoms with Gasteiger partial charge in [0.05, 0.1) is 11.2 Å². The van der Waals surface area contributed by atoms with Crippen LogP contribution in [0.1, 0.15) is 23.2 Å². The molecule has 5 heteroatoms. The van der Waals surface area contributed by atoms with E-state index in [0.717, 1.165) is 37.1 Å². The van der Waals surface area contributed by atoms with E-state index in [2.05, 4.69) is 15.2 Å². The number of para-hydroxylation sites is 1. The summed E-state index contributed by atoms with van der Waals surface area (Å²) < 4.78 is 0. The van der Waals surface area contributed by atoms with Crippen LogP contribution in [-0.4, -0.2) is 47.1 Å². The topological polar surface area (TPSA) is 65.5 Å². The molecule has 0 bridgehead atoms. The molecule has 0 aliphatic carbocycles. The Kier molecular flexibility index (Phi) is 4.01. The van der Waals surface area contributed by atoms with Crippen LogP contribution < -0.4 is 5.32 Å². The monoisotopic (exact) mass is 285 g/mol. The summed E-state index contributed by atoms with van der Waals surface area (Å²) >= 11 is 0. The van der Waals surface area contributed by atoms with Gasteiger partial charge in [-0.25, -0.2) is 4.79 Å². The molecule has 3 rings (SSSR count). The standard InChI is InChI=1S/C16H19N3O2/c20-16(21)13-11-18-14-6-2-1-5-12(14)15(13)17-7-10-19-8-3-4-9-19/h1-2,5-6,11H,3-4,7-10H2,(H,17,18)(H,20,21). The number of aromatic carboxylic acids is 1. The third kappa shape index (κ3) is 2.97. The van der Waals surface area contributed by atoms with Gasteiger partial charge in [0.15, 0.2) is 0 Å². The molecule has 0 amide bonds. The van der Waals surface area contributed by atoms with Crippen molar-refractivity contribution in [1.82, 2.24) is 9.88 Å².